The number of nitrogens with one attached hydrogen (secondary N) is 1. The van der Waals surface area contributed by atoms with Gasteiger partial charge in [0.2, 0.25) is 0 Å². The van der Waals surface area contributed by atoms with Crippen LogP contribution in [-0.2, 0) is 9.47 Å². The first kappa shape index (κ1) is 17.2. The van der Waals surface area contributed by atoms with Gasteiger partial charge in [-0.1, -0.05) is 6.92 Å². The highest BCUT2D eigenvalue weighted by Gasteiger charge is 2.34. The summed E-state index contributed by atoms with van der Waals surface area (Å²) >= 11 is 0. The molecule has 1 unspecified atom stereocenters. The van der Waals surface area contributed by atoms with E-state index in [1.165, 1.54) is 38.6 Å². The van der Waals surface area contributed by atoms with Crippen molar-refractivity contribution in [2.45, 2.75) is 39.0 Å². The van der Waals surface area contributed by atoms with E-state index in [1.807, 2.05) is 0 Å². The van der Waals surface area contributed by atoms with Gasteiger partial charge in [0.15, 0.2) is 0 Å². The Labute approximate surface area is 130 Å². The molecule has 0 bridgehead atoms. The molecule has 4 heteroatoms. The Morgan fingerprint density at radius 3 is 2.67 bits per heavy atom. The van der Waals surface area contributed by atoms with Crippen LogP contribution in [0.3, 0.4) is 0 Å². The van der Waals surface area contributed by atoms with E-state index in [-0.39, 0.29) is 0 Å². The van der Waals surface area contributed by atoms with Crippen LogP contribution >= 0.6 is 0 Å². The highest BCUT2D eigenvalue weighted by molar-refractivity contribution is 4.87. The molecule has 0 aliphatic carbocycles. The molecule has 2 saturated heterocycles. The molecular formula is C17H34N2O2. The fraction of sp³-hybridized carbons (Fsp3) is 1.00. The van der Waals surface area contributed by atoms with Gasteiger partial charge < -0.3 is 19.7 Å². The average molecular weight is 298 g/mol. The Morgan fingerprint density at radius 2 is 2.00 bits per heavy atom. The van der Waals surface area contributed by atoms with Crippen molar-refractivity contribution in [3.05, 3.63) is 0 Å². The summed E-state index contributed by atoms with van der Waals surface area (Å²) in [5, 5.41) is 3.63. The Morgan fingerprint density at radius 1 is 1.19 bits per heavy atom. The highest BCUT2D eigenvalue weighted by Crippen LogP contribution is 2.29. The van der Waals surface area contributed by atoms with E-state index in [0.29, 0.717) is 5.41 Å². The molecule has 1 N–H and O–H groups in total. The standard InChI is InChI=1S/C17H34N2O2/c1-3-8-18-13-17(7-4-9-21-15-17)14-19(2)12-16-5-10-20-11-6-16/h16,18H,3-15H2,1-2H3. The predicted octanol–water partition coefficient (Wildman–Crippen LogP) is 2.14. The zero-order valence-electron chi connectivity index (χ0n) is 14.0. The molecule has 0 spiro atoms. The zero-order valence-corrected chi connectivity index (χ0v) is 14.0. The van der Waals surface area contributed by atoms with E-state index in [2.05, 4.69) is 24.2 Å². The van der Waals surface area contributed by atoms with Gasteiger partial charge in [-0.3, -0.25) is 0 Å². The molecule has 2 aliphatic heterocycles. The SMILES string of the molecule is CCCNCC1(CN(C)CC2CCOCC2)CCCOC1. The molecule has 4 nitrogen and oxygen atoms in total. The van der Waals surface area contributed by atoms with Gasteiger partial charge in [-0.15, -0.1) is 0 Å². The number of hydrogen-bond acceptors (Lipinski definition) is 4. The van der Waals surface area contributed by atoms with Gasteiger partial charge >= 0.3 is 0 Å². The number of ether oxygens (including phenoxy) is 2. The van der Waals surface area contributed by atoms with Crippen molar-refractivity contribution in [1.29, 1.82) is 0 Å². The molecule has 0 aromatic heterocycles. The second kappa shape index (κ2) is 9.09. The molecular weight excluding hydrogens is 264 g/mol. The lowest BCUT2D eigenvalue weighted by atomic mass is 9.81. The molecule has 1 atom stereocenters. The summed E-state index contributed by atoms with van der Waals surface area (Å²) in [5.41, 5.74) is 0.313. The molecule has 0 amide bonds. The van der Waals surface area contributed by atoms with Crippen LogP contribution in [0.4, 0.5) is 0 Å². The van der Waals surface area contributed by atoms with Crippen molar-refractivity contribution in [3.63, 3.8) is 0 Å². The van der Waals surface area contributed by atoms with E-state index >= 15 is 0 Å². The van der Waals surface area contributed by atoms with Crippen molar-refractivity contribution in [1.82, 2.24) is 10.2 Å². The number of rotatable bonds is 8. The number of nitrogens with zero attached hydrogens (tertiary/aromatic N) is 1. The summed E-state index contributed by atoms with van der Waals surface area (Å²) in [5.74, 6) is 0.814. The maximum absolute atomic E-state index is 5.82. The molecule has 0 radical (unpaired) electrons. The van der Waals surface area contributed by atoms with Gasteiger partial charge in [0, 0.05) is 44.9 Å². The summed E-state index contributed by atoms with van der Waals surface area (Å²) in [6, 6.07) is 0. The maximum atomic E-state index is 5.82. The highest BCUT2D eigenvalue weighted by atomic mass is 16.5. The van der Waals surface area contributed by atoms with Crippen molar-refractivity contribution >= 4 is 0 Å². The lowest BCUT2D eigenvalue weighted by Crippen LogP contribution is -2.49. The van der Waals surface area contributed by atoms with Crippen LogP contribution in [0, 0.1) is 11.3 Å². The minimum absolute atomic E-state index is 0.313. The van der Waals surface area contributed by atoms with Gasteiger partial charge in [-0.05, 0) is 51.6 Å². The lowest BCUT2D eigenvalue weighted by Gasteiger charge is -2.41. The van der Waals surface area contributed by atoms with Gasteiger partial charge in [0.25, 0.3) is 0 Å². The quantitative estimate of drug-likeness (QED) is 0.696. The van der Waals surface area contributed by atoms with Gasteiger partial charge in [-0.2, -0.15) is 0 Å². The van der Waals surface area contributed by atoms with Crippen LogP contribution in [0.2, 0.25) is 0 Å². The largest absolute Gasteiger partial charge is 0.381 e. The Bertz CT molecular complexity index is 274. The van der Waals surface area contributed by atoms with Gasteiger partial charge in [0.05, 0.1) is 6.61 Å². The average Bonchev–Trinajstić information content (AvgIpc) is 2.49. The topological polar surface area (TPSA) is 33.7 Å². The van der Waals surface area contributed by atoms with Crippen LogP contribution < -0.4 is 5.32 Å². The molecule has 0 saturated carbocycles. The first-order valence-electron chi connectivity index (χ1n) is 8.79. The van der Waals surface area contributed by atoms with Crippen LogP contribution in [0.5, 0.6) is 0 Å². The normalized spacial score (nSPS) is 28.1. The molecule has 2 fully saturated rings. The van der Waals surface area contributed by atoms with E-state index in [0.717, 1.165) is 52.0 Å². The minimum atomic E-state index is 0.313. The smallest absolute Gasteiger partial charge is 0.0546 e. The third-order valence-electron chi connectivity index (χ3n) is 4.85. The van der Waals surface area contributed by atoms with E-state index in [1.54, 1.807) is 0 Å². The minimum Gasteiger partial charge on any atom is -0.381 e. The van der Waals surface area contributed by atoms with Crippen molar-refractivity contribution in [3.8, 4) is 0 Å². The zero-order chi connectivity index (χ0) is 15.0. The first-order chi connectivity index (χ1) is 10.2. The van der Waals surface area contributed by atoms with Crippen molar-refractivity contribution in [2.75, 3.05) is 59.7 Å². The second-order valence-electron chi connectivity index (χ2n) is 7.09. The lowest BCUT2D eigenvalue weighted by molar-refractivity contribution is -0.0272. The maximum Gasteiger partial charge on any atom is 0.0546 e. The second-order valence-corrected chi connectivity index (χ2v) is 7.09. The van der Waals surface area contributed by atoms with Crippen LogP contribution in [-0.4, -0.2) is 64.6 Å². The fourth-order valence-electron chi connectivity index (χ4n) is 3.77. The summed E-state index contributed by atoms with van der Waals surface area (Å²) in [7, 11) is 2.28. The number of hydrogen-bond donors (Lipinski definition) is 1. The summed E-state index contributed by atoms with van der Waals surface area (Å²) in [6.07, 6.45) is 6.15. The Hall–Kier alpha value is -0.160. The molecule has 2 rings (SSSR count). The summed E-state index contributed by atoms with van der Waals surface area (Å²) in [4.78, 5) is 2.54. The molecule has 2 heterocycles. The van der Waals surface area contributed by atoms with Crippen molar-refractivity contribution < 1.29 is 9.47 Å². The predicted molar refractivity (Wildman–Crippen MR) is 86.7 cm³/mol. The van der Waals surface area contributed by atoms with E-state index < -0.39 is 0 Å². The van der Waals surface area contributed by atoms with E-state index in [9.17, 15) is 0 Å². The third-order valence-corrected chi connectivity index (χ3v) is 4.85. The molecule has 2 aliphatic rings. The molecule has 0 aromatic carbocycles. The van der Waals surface area contributed by atoms with Crippen LogP contribution in [0.1, 0.15) is 39.0 Å². The molecule has 124 valence electrons. The fourth-order valence-corrected chi connectivity index (χ4v) is 3.77. The first-order valence-corrected chi connectivity index (χ1v) is 8.79. The molecule has 0 aromatic rings. The van der Waals surface area contributed by atoms with Gasteiger partial charge in [-0.25, -0.2) is 0 Å². The van der Waals surface area contributed by atoms with Gasteiger partial charge in [0.1, 0.15) is 0 Å². The van der Waals surface area contributed by atoms with Crippen molar-refractivity contribution in [2.24, 2.45) is 11.3 Å². The van der Waals surface area contributed by atoms with E-state index in [4.69, 9.17) is 9.47 Å². The Balaban J connectivity index is 1.81. The van der Waals surface area contributed by atoms with Crippen LogP contribution in [0.25, 0.3) is 0 Å². The monoisotopic (exact) mass is 298 g/mol. The summed E-state index contributed by atoms with van der Waals surface area (Å²) in [6.45, 7) is 10.6. The summed E-state index contributed by atoms with van der Waals surface area (Å²) < 4.78 is 11.3. The Kier molecular flexibility index (Phi) is 7.44. The van der Waals surface area contributed by atoms with Crippen LogP contribution in [0.15, 0.2) is 0 Å². The molecule has 21 heavy (non-hydrogen) atoms. The third kappa shape index (κ3) is 5.85.